The van der Waals surface area contributed by atoms with Crippen molar-refractivity contribution >= 4 is 28.9 Å². The molecule has 4 aliphatic rings. The van der Waals surface area contributed by atoms with Crippen LogP contribution in [0.1, 0.15) is 57.4 Å². The van der Waals surface area contributed by atoms with Gasteiger partial charge in [-0.05, 0) is 74.7 Å². The summed E-state index contributed by atoms with van der Waals surface area (Å²) in [6.07, 6.45) is 8.14. The van der Waals surface area contributed by atoms with Gasteiger partial charge in [0.25, 0.3) is 5.69 Å². The van der Waals surface area contributed by atoms with Crippen molar-refractivity contribution in [1.29, 1.82) is 0 Å². The molecule has 0 aliphatic heterocycles. The van der Waals surface area contributed by atoms with Crippen LogP contribution in [-0.4, -0.2) is 16.5 Å². The summed E-state index contributed by atoms with van der Waals surface area (Å²) < 4.78 is 0. The number of hydrogen-bond donors (Lipinski definition) is 1. The molecule has 7 heteroatoms. The van der Waals surface area contributed by atoms with Gasteiger partial charge in [0, 0.05) is 18.1 Å². The van der Waals surface area contributed by atoms with Crippen LogP contribution in [0.5, 0.6) is 0 Å². The van der Waals surface area contributed by atoms with Gasteiger partial charge in [-0.1, -0.05) is 17.7 Å². The molecule has 27 heavy (non-hydrogen) atoms. The fourth-order valence-electron chi connectivity index (χ4n) is 5.98. The van der Waals surface area contributed by atoms with Crippen molar-refractivity contribution in [3.05, 3.63) is 38.9 Å². The third-order valence-corrected chi connectivity index (χ3v) is 6.93. The number of nitrogens with one attached hydrogen (secondary N) is 1. The predicted molar refractivity (Wildman–Crippen MR) is 104 cm³/mol. The summed E-state index contributed by atoms with van der Waals surface area (Å²) in [7, 11) is 0. The number of rotatable bonds is 5. The molecule has 1 aromatic rings. The minimum Gasteiger partial charge on any atom is -0.273 e. The van der Waals surface area contributed by atoms with Gasteiger partial charge >= 0.3 is 0 Å². The lowest BCUT2D eigenvalue weighted by atomic mass is 9.49. The fourth-order valence-corrected chi connectivity index (χ4v) is 6.16. The summed E-state index contributed by atoms with van der Waals surface area (Å²) >= 11 is 5.84. The van der Waals surface area contributed by atoms with E-state index in [-0.39, 0.29) is 22.0 Å². The molecule has 0 spiro atoms. The Kier molecular flexibility index (Phi) is 4.70. The molecule has 0 heterocycles. The second-order valence-corrected chi connectivity index (χ2v) is 9.16. The third-order valence-electron chi connectivity index (χ3n) is 6.61. The van der Waals surface area contributed by atoms with E-state index in [0.29, 0.717) is 17.7 Å². The normalized spacial score (nSPS) is 31.8. The second kappa shape index (κ2) is 6.89. The van der Waals surface area contributed by atoms with Crippen LogP contribution >= 0.6 is 11.6 Å². The number of nitro groups is 1. The Hall–Kier alpha value is -1.95. The third kappa shape index (κ3) is 3.72. The Balaban J connectivity index is 1.41. The summed E-state index contributed by atoms with van der Waals surface area (Å²) in [6, 6.07) is 4.52. The molecule has 5 rings (SSSR count). The van der Waals surface area contributed by atoms with Gasteiger partial charge in [0.2, 0.25) is 5.91 Å². The first-order chi connectivity index (χ1) is 12.8. The molecule has 1 amide bonds. The summed E-state index contributed by atoms with van der Waals surface area (Å²) in [5, 5.41) is 15.3. The number of nitro benzene ring substituents is 1. The molecular formula is C20H24ClN3O3. The molecule has 0 unspecified atom stereocenters. The monoisotopic (exact) mass is 389 g/mol. The Morgan fingerprint density at radius 2 is 1.85 bits per heavy atom. The van der Waals surface area contributed by atoms with Crippen LogP contribution in [0.3, 0.4) is 0 Å². The Morgan fingerprint density at radius 1 is 1.26 bits per heavy atom. The van der Waals surface area contributed by atoms with E-state index in [1.54, 1.807) is 13.0 Å². The SMILES string of the molecule is C/C(=N/NC(=O)CC12CC3CC(CC(C3)C1)C2)c1ccc(Cl)c([N+](=O)[O-])c1. The van der Waals surface area contributed by atoms with Gasteiger partial charge in [-0.15, -0.1) is 0 Å². The molecule has 4 bridgehead atoms. The van der Waals surface area contributed by atoms with Gasteiger partial charge < -0.3 is 0 Å². The zero-order valence-electron chi connectivity index (χ0n) is 15.4. The highest BCUT2D eigenvalue weighted by Gasteiger charge is 2.51. The number of halogens is 1. The van der Waals surface area contributed by atoms with Crippen molar-refractivity contribution in [2.45, 2.75) is 51.9 Å². The van der Waals surface area contributed by atoms with E-state index in [4.69, 9.17) is 11.6 Å². The van der Waals surface area contributed by atoms with Crippen LogP contribution in [0.25, 0.3) is 0 Å². The maximum Gasteiger partial charge on any atom is 0.288 e. The van der Waals surface area contributed by atoms with Crippen LogP contribution < -0.4 is 5.43 Å². The molecule has 6 nitrogen and oxygen atoms in total. The van der Waals surface area contributed by atoms with Crippen LogP contribution in [0.4, 0.5) is 5.69 Å². The maximum atomic E-state index is 12.5. The Bertz CT molecular complexity index is 785. The minimum absolute atomic E-state index is 0.0558. The zero-order valence-corrected chi connectivity index (χ0v) is 16.2. The van der Waals surface area contributed by atoms with Crippen molar-refractivity contribution < 1.29 is 9.72 Å². The number of benzene rings is 1. The fraction of sp³-hybridized carbons (Fsp3) is 0.600. The van der Waals surface area contributed by atoms with Crippen molar-refractivity contribution in [1.82, 2.24) is 5.43 Å². The van der Waals surface area contributed by atoms with Crippen molar-refractivity contribution in [2.24, 2.45) is 28.3 Å². The highest BCUT2D eigenvalue weighted by Crippen LogP contribution is 2.61. The molecule has 0 atom stereocenters. The lowest BCUT2D eigenvalue weighted by molar-refractivity contribution is -0.384. The highest BCUT2D eigenvalue weighted by atomic mass is 35.5. The number of nitrogens with zero attached hydrogens (tertiary/aromatic N) is 2. The first-order valence-electron chi connectivity index (χ1n) is 9.61. The van der Waals surface area contributed by atoms with Crippen molar-refractivity contribution in [3.63, 3.8) is 0 Å². The summed E-state index contributed by atoms with van der Waals surface area (Å²) in [6.45, 7) is 1.72. The molecule has 0 radical (unpaired) electrons. The number of amides is 1. The highest BCUT2D eigenvalue weighted by molar-refractivity contribution is 6.32. The van der Waals surface area contributed by atoms with Crippen LogP contribution in [-0.2, 0) is 4.79 Å². The summed E-state index contributed by atoms with van der Waals surface area (Å²) in [5.74, 6) is 2.37. The van der Waals surface area contributed by atoms with Gasteiger partial charge in [-0.2, -0.15) is 5.10 Å². The quantitative estimate of drug-likeness (QED) is 0.450. The lowest BCUT2D eigenvalue weighted by Gasteiger charge is -2.56. The number of carbonyl (C=O) groups excluding carboxylic acids is 1. The van der Waals surface area contributed by atoms with E-state index in [1.165, 1.54) is 50.7 Å². The molecule has 1 aromatic carbocycles. The van der Waals surface area contributed by atoms with Crippen LogP contribution in [0, 0.1) is 33.3 Å². The average Bonchev–Trinajstić information content (AvgIpc) is 2.58. The number of hydrazone groups is 1. The number of carbonyl (C=O) groups is 1. The molecule has 0 saturated heterocycles. The molecule has 1 N–H and O–H groups in total. The van der Waals surface area contributed by atoms with E-state index in [9.17, 15) is 14.9 Å². The Morgan fingerprint density at radius 3 is 2.41 bits per heavy atom. The summed E-state index contributed by atoms with van der Waals surface area (Å²) in [5.41, 5.74) is 3.76. The van der Waals surface area contributed by atoms with Gasteiger partial charge in [-0.3, -0.25) is 14.9 Å². The van der Waals surface area contributed by atoms with Gasteiger partial charge in [-0.25, -0.2) is 5.43 Å². The first-order valence-corrected chi connectivity index (χ1v) is 9.99. The molecular weight excluding hydrogens is 366 g/mol. The van der Waals surface area contributed by atoms with E-state index in [0.717, 1.165) is 17.8 Å². The number of hydrogen-bond acceptors (Lipinski definition) is 4. The average molecular weight is 390 g/mol. The summed E-state index contributed by atoms with van der Waals surface area (Å²) in [4.78, 5) is 23.0. The zero-order chi connectivity index (χ0) is 19.2. The van der Waals surface area contributed by atoms with Gasteiger partial charge in [0.1, 0.15) is 5.02 Å². The van der Waals surface area contributed by atoms with Crippen LogP contribution in [0.15, 0.2) is 23.3 Å². The largest absolute Gasteiger partial charge is 0.288 e. The molecule has 4 aliphatic carbocycles. The lowest BCUT2D eigenvalue weighted by Crippen LogP contribution is -2.47. The minimum atomic E-state index is -0.523. The molecule has 0 aromatic heterocycles. The van der Waals surface area contributed by atoms with E-state index < -0.39 is 4.92 Å². The smallest absolute Gasteiger partial charge is 0.273 e. The second-order valence-electron chi connectivity index (χ2n) is 8.75. The van der Waals surface area contributed by atoms with E-state index in [1.807, 2.05) is 0 Å². The molecule has 4 saturated carbocycles. The van der Waals surface area contributed by atoms with Crippen LogP contribution in [0.2, 0.25) is 5.02 Å². The first kappa shape index (κ1) is 18.4. The van der Waals surface area contributed by atoms with Gasteiger partial charge in [0.15, 0.2) is 0 Å². The van der Waals surface area contributed by atoms with Gasteiger partial charge in [0.05, 0.1) is 10.6 Å². The molecule has 144 valence electrons. The molecule has 4 fully saturated rings. The topological polar surface area (TPSA) is 84.6 Å². The van der Waals surface area contributed by atoms with E-state index in [2.05, 4.69) is 10.5 Å². The standard InChI is InChI=1S/C20H24ClN3O3/c1-12(16-2-3-17(21)18(7-16)24(26)27)22-23-19(25)11-20-8-13-4-14(9-20)6-15(5-13)10-20/h2-3,7,13-15H,4-6,8-11H2,1H3,(H,23,25)/b22-12-. The van der Waals surface area contributed by atoms with E-state index >= 15 is 0 Å². The predicted octanol–water partition coefficient (Wildman–Crippen LogP) is 4.69. The Labute approximate surface area is 163 Å². The van der Waals surface area contributed by atoms with Crippen molar-refractivity contribution in [2.75, 3.05) is 0 Å². The maximum absolute atomic E-state index is 12.5. The van der Waals surface area contributed by atoms with Crippen molar-refractivity contribution in [3.8, 4) is 0 Å².